The molecular formula is C14H16ClN3O3S. The zero-order chi connectivity index (χ0) is 16.1. The van der Waals surface area contributed by atoms with E-state index in [0.29, 0.717) is 28.4 Å². The zero-order valence-electron chi connectivity index (χ0n) is 12.5. The van der Waals surface area contributed by atoms with Gasteiger partial charge in [-0.15, -0.1) is 10.2 Å². The average molecular weight is 342 g/mol. The van der Waals surface area contributed by atoms with Gasteiger partial charge in [0.15, 0.2) is 11.0 Å². The highest BCUT2D eigenvalue weighted by atomic mass is 35.5. The first-order valence-corrected chi connectivity index (χ1v) is 7.94. The van der Waals surface area contributed by atoms with Gasteiger partial charge in [0.05, 0.1) is 25.0 Å². The summed E-state index contributed by atoms with van der Waals surface area (Å²) < 4.78 is 12.0. The number of methoxy groups -OCH3 is 1. The molecule has 0 spiro atoms. The number of hydrogen-bond donors (Lipinski definition) is 0. The SMILES string of the molecule is CCOC(=O)CSc1nnc(-c2cc(Cl)ccc2OC)n1C. The molecule has 0 N–H and O–H groups in total. The molecule has 1 aromatic carbocycles. The van der Waals surface area contributed by atoms with Crippen LogP contribution in [0.2, 0.25) is 5.02 Å². The van der Waals surface area contributed by atoms with E-state index in [-0.39, 0.29) is 11.7 Å². The molecular weight excluding hydrogens is 326 g/mol. The summed E-state index contributed by atoms with van der Waals surface area (Å²) in [6.07, 6.45) is 0. The third kappa shape index (κ3) is 3.72. The van der Waals surface area contributed by atoms with Crippen molar-refractivity contribution in [2.75, 3.05) is 19.5 Å². The van der Waals surface area contributed by atoms with Gasteiger partial charge < -0.3 is 14.0 Å². The molecule has 0 atom stereocenters. The Morgan fingerprint density at radius 1 is 1.41 bits per heavy atom. The molecule has 0 fully saturated rings. The fourth-order valence-electron chi connectivity index (χ4n) is 1.86. The molecule has 1 aromatic heterocycles. The van der Waals surface area contributed by atoms with Crippen LogP contribution in [0.15, 0.2) is 23.4 Å². The van der Waals surface area contributed by atoms with E-state index < -0.39 is 0 Å². The molecule has 0 amide bonds. The van der Waals surface area contributed by atoms with E-state index in [9.17, 15) is 4.79 Å². The highest BCUT2D eigenvalue weighted by Gasteiger charge is 2.16. The van der Waals surface area contributed by atoms with Gasteiger partial charge in [-0.2, -0.15) is 0 Å². The molecule has 0 aliphatic carbocycles. The number of nitrogens with zero attached hydrogens (tertiary/aromatic N) is 3. The monoisotopic (exact) mass is 341 g/mol. The molecule has 0 saturated carbocycles. The minimum absolute atomic E-state index is 0.187. The topological polar surface area (TPSA) is 66.2 Å². The molecule has 8 heteroatoms. The Morgan fingerprint density at radius 2 is 2.18 bits per heavy atom. The standard InChI is InChI=1S/C14H16ClN3O3S/c1-4-21-12(19)8-22-14-17-16-13(18(14)2)10-7-9(15)5-6-11(10)20-3/h5-7H,4,8H2,1-3H3. The van der Waals surface area contributed by atoms with Gasteiger partial charge in [-0.3, -0.25) is 4.79 Å². The van der Waals surface area contributed by atoms with Gasteiger partial charge in [0.25, 0.3) is 0 Å². The lowest BCUT2D eigenvalue weighted by Crippen LogP contribution is -2.07. The summed E-state index contributed by atoms with van der Waals surface area (Å²) in [5.74, 6) is 1.18. The molecule has 1 heterocycles. The summed E-state index contributed by atoms with van der Waals surface area (Å²) >= 11 is 7.31. The summed E-state index contributed by atoms with van der Waals surface area (Å²) in [4.78, 5) is 11.4. The van der Waals surface area contributed by atoms with Crippen molar-refractivity contribution in [2.45, 2.75) is 12.1 Å². The Kier molecular flexibility index (Phi) is 5.68. The first kappa shape index (κ1) is 16.6. The minimum Gasteiger partial charge on any atom is -0.496 e. The summed E-state index contributed by atoms with van der Waals surface area (Å²) in [6.45, 7) is 2.14. The van der Waals surface area contributed by atoms with Crippen LogP contribution in [0.1, 0.15) is 6.92 Å². The lowest BCUT2D eigenvalue weighted by molar-refractivity contribution is -0.139. The van der Waals surface area contributed by atoms with Gasteiger partial charge in [0, 0.05) is 12.1 Å². The lowest BCUT2D eigenvalue weighted by Gasteiger charge is -2.08. The van der Waals surface area contributed by atoms with Crippen LogP contribution in [-0.4, -0.2) is 40.2 Å². The second-order valence-corrected chi connectivity index (χ2v) is 5.68. The number of aromatic nitrogens is 3. The fourth-order valence-corrected chi connectivity index (χ4v) is 2.74. The third-order valence-corrected chi connectivity index (χ3v) is 4.09. The molecule has 118 valence electrons. The largest absolute Gasteiger partial charge is 0.496 e. The summed E-state index contributed by atoms with van der Waals surface area (Å²) in [5.41, 5.74) is 0.744. The summed E-state index contributed by atoms with van der Waals surface area (Å²) in [7, 11) is 3.41. The van der Waals surface area contributed by atoms with E-state index in [1.54, 1.807) is 36.8 Å². The number of esters is 1. The van der Waals surface area contributed by atoms with Gasteiger partial charge >= 0.3 is 5.97 Å². The average Bonchev–Trinajstić information content (AvgIpc) is 2.86. The van der Waals surface area contributed by atoms with Gasteiger partial charge in [0.2, 0.25) is 0 Å². The van der Waals surface area contributed by atoms with Crippen molar-refractivity contribution in [2.24, 2.45) is 7.05 Å². The van der Waals surface area contributed by atoms with Crippen LogP contribution in [0.4, 0.5) is 0 Å². The van der Waals surface area contributed by atoms with Gasteiger partial charge in [-0.1, -0.05) is 23.4 Å². The second-order valence-electron chi connectivity index (χ2n) is 4.30. The Bertz CT molecular complexity index is 675. The van der Waals surface area contributed by atoms with Crippen molar-refractivity contribution in [3.05, 3.63) is 23.2 Å². The van der Waals surface area contributed by atoms with Crippen LogP contribution < -0.4 is 4.74 Å². The molecule has 0 saturated heterocycles. The lowest BCUT2D eigenvalue weighted by atomic mass is 10.2. The van der Waals surface area contributed by atoms with Gasteiger partial charge in [-0.25, -0.2) is 0 Å². The molecule has 2 aromatic rings. The first-order valence-electron chi connectivity index (χ1n) is 6.58. The normalized spacial score (nSPS) is 10.5. The van der Waals surface area contributed by atoms with Crippen molar-refractivity contribution in [3.63, 3.8) is 0 Å². The molecule has 0 aliphatic heterocycles. The quantitative estimate of drug-likeness (QED) is 0.594. The predicted molar refractivity (Wildman–Crippen MR) is 85.4 cm³/mol. The second kappa shape index (κ2) is 7.51. The summed E-state index contributed by atoms with van der Waals surface area (Å²) in [5, 5.41) is 9.46. The minimum atomic E-state index is -0.280. The third-order valence-electron chi connectivity index (χ3n) is 2.86. The Morgan fingerprint density at radius 3 is 2.86 bits per heavy atom. The molecule has 6 nitrogen and oxygen atoms in total. The number of benzene rings is 1. The zero-order valence-corrected chi connectivity index (χ0v) is 14.1. The van der Waals surface area contributed by atoms with E-state index in [1.807, 2.05) is 7.05 Å². The van der Waals surface area contributed by atoms with Crippen molar-refractivity contribution in [1.82, 2.24) is 14.8 Å². The maximum absolute atomic E-state index is 11.4. The first-order chi connectivity index (χ1) is 10.6. The molecule has 0 aliphatic rings. The highest BCUT2D eigenvalue weighted by molar-refractivity contribution is 7.99. The van der Waals surface area contributed by atoms with Crippen LogP contribution in [0.3, 0.4) is 0 Å². The number of halogens is 1. The maximum atomic E-state index is 11.4. The van der Waals surface area contributed by atoms with Crippen LogP contribution in [0.25, 0.3) is 11.4 Å². The highest BCUT2D eigenvalue weighted by Crippen LogP contribution is 2.32. The van der Waals surface area contributed by atoms with E-state index >= 15 is 0 Å². The van der Waals surface area contributed by atoms with Crippen molar-refractivity contribution >= 4 is 29.3 Å². The molecule has 0 bridgehead atoms. The van der Waals surface area contributed by atoms with Gasteiger partial charge in [0.1, 0.15) is 5.75 Å². The van der Waals surface area contributed by atoms with Crippen molar-refractivity contribution < 1.29 is 14.3 Å². The van der Waals surface area contributed by atoms with Crippen LogP contribution in [0, 0.1) is 0 Å². The van der Waals surface area contributed by atoms with E-state index in [2.05, 4.69) is 10.2 Å². The van der Waals surface area contributed by atoms with Crippen LogP contribution in [-0.2, 0) is 16.6 Å². The summed E-state index contributed by atoms with van der Waals surface area (Å²) in [6, 6.07) is 5.29. The number of thioether (sulfide) groups is 1. The predicted octanol–water partition coefficient (Wildman–Crippen LogP) is 2.80. The van der Waals surface area contributed by atoms with Crippen LogP contribution in [0.5, 0.6) is 5.75 Å². The number of hydrogen-bond acceptors (Lipinski definition) is 6. The van der Waals surface area contributed by atoms with Gasteiger partial charge in [-0.05, 0) is 25.1 Å². The number of carbonyl (C=O) groups excluding carboxylic acids is 1. The Balaban J connectivity index is 2.24. The van der Waals surface area contributed by atoms with Crippen LogP contribution >= 0.6 is 23.4 Å². The molecule has 0 radical (unpaired) electrons. The fraction of sp³-hybridized carbons (Fsp3) is 0.357. The van der Waals surface area contributed by atoms with E-state index in [4.69, 9.17) is 21.1 Å². The van der Waals surface area contributed by atoms with Crippen molar-refractivity contribution in [3.8, 4) is 17.1 Å². The number of carbonyl (C=O) groups is 1. The van der Waals surface area contributed by atoms with E-state index in [0.717, 1.165) is 5.56 Å². The molecule has 0 unspecified atom stereocenters. The Labute approximate surface area is 137 Å². The Hall–Kier alpha value is -1.73. The molecule has 2 rings (SSSR count). The number of rotatable bonds is 6. The van der Waals surface area contributed by atoms with Crippen molar-refractivity contribution in [1.29, 1.82) is 0 Å². The molecule has 22 heavy (non-hydrogen) atoms. The maximum Gasteiger partial charge on any atom is 0.316 e. The number of ether oxygens (including phenoxy) is 2. The van der Waals surface area contributed by atoms with E-state index in [1.165, 1.54) is 11.8 Å². The smallest absolute Gasteiger partial charge is 0.316 e.